The average Bonchev–Trinajstić information content (AvgIpc) is 2.90. The minimum atomic E-state index is -0.444. The molecule has 1 aliphatic rings. The van der Waals surface area contributed by atoms with Crippen LogP contribution in [0.25, 0.3) is 6.08 Å². The number of aliphatic imine (C=N–C) groups is 1. The molecule has 1 aliphatic heterocycles. The number of cyclic esters (lactones) is 1. The Morgan fingerprint density at radius 3 is 2.73 bits per heavy atom. The Labute approximate surface area is 128 Å². The van der Waals surface area contributed by atoms with Crippen LogP contribution in [0.5, 0.6) is 5.75 Å². The van der Waals surface area contributed by atoms with E-state index in [2.05, 4.69) is 4.99 Å². The SMILES string of the molecule is CCOc1cccc(/C=C2/N=C(c3ccccc3)OC2=O)c1. The number of ether oxygens (including phenoxy) is 2. The van der Waals surface area contributed by atoms with E-state index in [0.717, 1.165) is 16.9 Å². The molecule has 0 aromatic heterocycles. The molecule has 0 bridgehead atoms. The topological polar surface area (TPSA) is 47.9 Å². The van der Waals surface area contributed by atoms with Crippen molar-refractivity contribution in [3.63, 3.8) is 0 Å². The predicted molar refractivity (Wildman–Crippen MR) is 84.7 cm³/mol. The molecule has 2 aromatic rings. The summed E-state index contributed by atoms with van der Waals surface area (Å²) in [6.45, 7) is 2.52. The zero-order chi connectivity index (χ0) is 15.4. The van der Waals surface area contributed by atoms with Crippen LogP contribution in [0.1, 0.15) is 18.1 Å². The van der Waals surface area contributed by atoms with E-state index in [1.165, 1.54) is 0 Å². The largest absolute Gasteiger partial charge is 0.494 e. The van der Waals surface area contributed by atoms with Crippen molar-refractivity contribution in [1.29, 1.82) is 0 Å². The van der Waals surface area contributed by atoms with Gasteiger partial charge in [0.15, 0.2) is 5.70 Å². The molecule has 0 saturated carbocycles. The third-order valence-electron chi connectivity index (χ3n) is 3.11. The van der Waals surface area contributed by atoms with Gasteiger partial charge in [0.25, 0.3) is 0 Å². The lowest BCUT2D eigenvalue weighted by atomic mass is 10.2. The van der Waals surface area contributed by atoms with Gasteiger partial charge in [-0.15, -0.1) is 0 Å². The molecular weight excluding hydrogens is 278 g/mol. The highest BCUT2D eigenvalue weighted by atomic mass is 16.6. The van der Waals surface area contributed by atoms with Gasteiger partial charge < -0.3 is 9.47 Å². The minimum Gasteiger partial charge on any atom is -0.494 e. The molecular formula is C18H15NO3. The molecule has 0 unspecified atom stereocenters. The maximum absolute atomic E-state index is 11.9. The number of rotatable bonds is 4. The van der Waals surface area contributed by atoms with Crippen LogP contribution < -0.4 is 4.74 Å². The smallest absolute Gasteiger partial charge is 0.363 e. The maximum Gasteiger partial charge on any atom is 0.363 e. The summed E-state index contributed by atoms with van der Waals surface area (Å²) in [5.74, 6) is 0.647. The Morgan fingerprint density at radius 1 is 1.14 bits per heavy atom. The first-order valence-corrected chi connectivity index (χ1v) is 7.07. The highest BCUT2D eigenvalue weighted by molar-refractivity contribution is 6.12. The molecule has 4 heteroatoms. The molecule has 1 heterocycles. The zero-order valence-corrected chi connectivity index (χ0v) is 12.2. The summed E-state index contributed by atoms with van der Waals surface area (Å²) in [7, 11) is 0. The minimum absolute atomic E-state index is 0.285. The van der Waals surface area contributed by atoms with Gasteiger partial charge >= 0.3 is 5.97 Å². The summed E-state index contributed by atoms with van der Waals surface area (Å²) < 4.78 is 10.7. The second-order valence-electron chi connectivity index (χ2n) is 4.71. The van der Waals surface area contributed by atoms with E-state index in [1.807, 2.05) is 61.5 Å². The van der Waals surface area contributed by atoms with Crippen LogP contribution in [0, 0.1) is 0 Å². The number of nitrogens with zero attached hydrogens (tertiary/aromatic N) is 1. The van der Waals surface area contributed by atoms with E-state index in [4.69, 9.17) is 9.47 Å². The number of esters is 1. The Balaban J connectivity index is 1.89. The van der Waals surface area contributed by atoms with Crippen LogP contribution in [0.4, 0.5) is 0 Å². The number of carbonyl (C=O) groups is 1. The van der Waals surface area contributed by atoms with Crippen molar-refractivity contribution in [3.8, 4) is 5.75 Å². The van der Waals surface area contributed by atoms with Crippen LogP contribution in [0.3, 0.4) is 0 Å². The van der Waals surface area contributed by atoms with Gasteiger partial charge in [-0.05, 0) is 42.8 Å². The van der Waals surface area contributed by atoms with Crippen LogP contribution in [0.15, 0.2) is 65.3 Å². The number of hydrogen-bond donors (Lipinski definition) is 0. The van der Waals surface area contributed by atoms with Gasteiger partial charge in [0, 0.05) is 5.56 Å². The number of benzene rings is 2. The molecule has 0 saturated heterocycles. The second-order valence-corrected chi connectivity index (χ2v) is 4.71. The molecule has 0 radical (unpaired) electrons. The summed E-state index contributed by atoms with van der Waals surface area (Å²) >= 11 is 0. The Kier molecular flexibility index (Phi) is 4.01. The summed E-state index contributed by atoms with van der Waals surface area (Å²) in [6.07, 6.45) is 1.70. The molecule has 0 amide bonds. The lowest BCUT2D eigenvalue weighted by molar-refractivity contribution is -0.129. The molecule has 0 fully saturated rings. The zero-order valence-electron chi connectivity index (χ0n) is 12.2. The molecule has 2 aromatic carbocycles. The van der Waals surface area contributed by atoms with Crippen LogP contribution in [-0.2, 0) is 9.53 Å². The molecule has 22 heavy (non-hydrogen) atoms. The van der Waals surface area contributed by atoms with Crippen LogP contribution in [0.2, 0.25) is 0 Å². The van der Waals surface area contributed by atoms with Gasteiger partial charge in [-0.25, -0.2) is 9.79 Å². The lowest BCUT2D eigenvalue weighted by Crippen LogP contribution is -2.04. The fourth-order valence-electron chi connectivity index (χ4n) is 2.13. The third kappa shape index (κ3) is 3.06. The normalized spacial score (nSPS) is 15.6. The molecule has 0 spiro atoms. The van der Waals surface area contributed by atoms with Gasteiger partial charge in [0.1, 0.15) is 5.75 Å². The highest BCUT2D eigenvalue weighted by Gasteiger charge is 2.23. The van der Waals surface area contributed by atoms with Crippen LogP contribution >= 0.6 is 0 Å². The summed E-state index contributed by atoms with van der Waals surface area (Å²) in [5.41, 5.74) is 1.91. The fourth-order valence-corrected chi connectivity index (χ4v) is 2.13. The Morgan fingerprint density at radius 2 is 1.95 bits per heavy atom. The molecule has 0 aliphatic carbocycles. The maximum atomic E-state index is 11.9. The van der Waals surface area contributed by atoms with E-state index < -0.39 is 5.97 Å². The van der Waals surface area contributed by atoms with Crippen molar-refractivity contribution < 1.29 is 14.3 Å². The van der Waals surface area contributed by atoms with E-state index in [9.17, 15) is 4.79 Å². The van der Waals surface area contributed by atoms with Gasteiger partial charge in [0.2, 0.25) is 5.90 Å². The second kappa shape index (κ2) is 6.26. The Hall–Kier alpha value is -2.88. The van der Waals surface area contributed by atoms with Crippen molar-refractivity contribution in [2.75, 3.05) is 6.61 Å². The van der Waals surface area contributed by atoms with Gasteiger partial charge in [-0.1, -0.05) is 30.3 Å². The molecule has 0 N–H and O–H groups in total. The van der Waals surface area contributed by atoms with Gasteiger partial charge in [-0.2, -0.15) is 0 Å². The van der Waals surface area contributed by atoms with Crippen molar-refractivity contribution >= 4 is 17.9 Å². The van der Waals surface area contributed by atoms with E-state index in [0.29, 0.717) is 12.5 Å². The number of hydrogen-bond acceptors (Lipinski definition) is 4. The number of carbonyl (C=O) groups excluding carboxylic acids is 1. The molecule has 110 valence electrons. The van der Waals surface area contributed by atoms with Gasteiger partial charge in [-0.3, -0.25) is 0 Å². The van der Waals surface area contributed by atoms with Crippen LogP contribution in [-0.4, -0.2) is 18.5 Å². The first-order chi connectivity index (χ1) is 10.8. The third-order valence-corrected chi connectivity index (χ3v) is 3.11. The van der Waals surface area contributed by atoms with Crippen molar-refractivity contribution in [2.45, 2.75) is 6.92 Å². The summed E-state index contributed by atoms with van der Waals surface area (Å²) in [4.78, 5) is 16.2. The lowest BCUT2D eigenvalue weighted by Gasteiger charge is -2.03. The van der Waals surface area contributed by atoms with Crippen molar-refractivity contribution in [1.82, 2.24) is 0 Å². The molecule has 0 atom stereocenters. The average molecular weight is 293 g/mol. The first-order valence-electron chi connectivity index (χ1n) is 7.07. The van der Waals surface area contributed by atoms with E-state index in [-0.39, 0.29) is 5.70 Å². The highest BCUT2D eigenvalue weighted by Crippen LogP contribution is 2.21. The van der Waals surface area contributed by atoms with Crippen molar-refractivity contribution in [2.24, 2.45) is 4.99 Å². The predicted octanol–water partition coefficient (Wildman–Crippen LogP) is 3.43. The quantitative estimate of drug-likeness (QED) is 0.641. The Bertz CT molecular complexity index is 748. The van der Waals surface area contributed by atoms with E-state index >= 15 is 0 Å². The van der Waals surface area contributed by atoms with Crippen molar-refractivity contribution in [3.05, 3.63) is 71.4 Å². The van der Waals surface area contributed by atoms with Gasteiger partial charge in [0.05, 0.1) is 6.61 Å². The van der Waals surface area contributed by atoms with E-state index in [1.54, 1.807) is 6.08 Å². The molecule has 3 rings (SSSR count). The summed E-state index contributed by atoms with van der Waals surface area (Å²) in [5, 5.41) is 0. The first kappa shape index (κ1) is 14.1. The molecule has 4 nitrogen and oxygen atoms in total. The monoisotopic (exact) mass is 293 g/mol. The standard InChI is InChI=1S/C18H15NO3/c1-2-21-15-10-6-7-13(11-15)12-16-18(20)22-17(19-16)14-8-4-3-5-9-14/h3-12H,2H2,1H3/b16-12+. The fraction of sp³-hybridized carbons (Fsp3) is 0.111. The summed E-state index contributed by atoms with van der Waals surface area (Å²) in [6, 6.07) is 16.8.